The van der Waals surface area contributed by atoms with E-state index in [0.717, 1.165) is 28.3 Å². The molecule has 5 heteroatoms. The van der Waals surface area contributed by atoms with Gasteiger partial charge in [-0.3, -0.25) is 0 Å². The third-order valence-electron chi connectivity index (χ3n) is 3.38. The molecule has 0 bridgehead atoms. The largest absolute Gasteiger partial charge is 0.490 e. The minimum absolute atomic E-state index is 0.0944. The highest BCUT2D eigenvalue weighted by Crippen LogP contribution is 2.31. The van der Waals surface area contributed by atoms with Crippen LogP contribution < -0.4 is 10.1 Å². The van der Waals surface area contributed by atoms with Crippen molar-refractivity contribution in [1.29, 1.82) is 0 Å². The van der Waals surface area contributed by atoms with E-state index < -0.39 is 0 Å². The highest BCUT2D eigenvalue weighted by atomic mass is 16.5. The molecule has 0 aliphatic heterocycles. The van der Waals surface area contributed by atoms with Crippen LogP contribution in [0.25, 0.3) is 11.0 Å². The van der Waals surface area contributed by atoms with Gasteiger partial charge in [-0.15, -0.1) is 0 Å². The maximum Gasteiger partial charge on any atom is 0.176 e. The molecule has 110 valence electrons. The highest BCUT2D eigenvalue weighted by Gasteiger charge is 2.14. The Morgan fingerprint density at radius 1 is 1.43 bits per heavy atom. The van der Waals surface area contributed by atoms with Crippen molar-refractivity contribution in [2.24, 2.45) is 0 Å². The number of nitrogens with zero attached hydrogens (tertiary/aromatic N) is 1. The zero-order chi connectivity index (χ0) is 14.7. The van der Waals surface area contributed by atoms with Gasteiger partial charge in [-0.25, -0.2) is 4.98 Å². The molecule has 0 fully saturated rings. The van der Waals surface area contributed by atoms with Crippen molar-refractivity contribution in [2.45, 2.75) is 26.4 Å². The van der Waals surface area contributed by atoms with Crippen LogP contribution >= 0.6 is 0 Å². The number of nitrogens with one attached hydrogen (secondary N) is 2. The maximum absolute atomic E-state index is 5.97. The topological polar surface area (TPSA) is 63.1 Å². The van der Waals surface area contributed by atoms with Crippen LogP contribution in [0, 0.1) is 0 Å². The summed E-state index contributed by atoms with van der Waals surface area (Å²) in [6.45, 7) is 5.34. The first-order chi connectivity index (χ1) is 10.3. The summed E-state index contributed by atoms with van der Waals surface area (Å²) in [7, 11) is 0. The third-order valence-corrected chi connectivity index (χ3v) is 3.38. The molecular weight excluding hydrogens is 266 g/mol. The second kappa shape index (κ2) is 6.01. The number of H-pyrrole nitrogens is 1. The standard InChI is InChI=1S/C16H19N3O2/c1-3-20-13-6-4-5-12-9-14(21-16(12)13)11(2)19-10-15-17-7-8-18-15/h4-9,11,19H,3,10H2,1-2H3,(H,17,18). The first-order valence-electron chi connectivity index (χ1n) is 7.15. The fourth-order valence-electron chi connectivity index (χ4n) is 2.28. The molecule has 5 nitrogen and oxygen atoms in total. The van der Waals surface area contributed by atoms with E-state index in [2.05, 4.69) is 28.3 Å². The van der Waals surface area contributed by atoms with Gasteiger partial charge in [0.1, 0.15) is 11.6 Å². The number of imidazole rings is 1. The molecule has 0 saturated carbocycles. The summed E-state index contributed by atoms with van der Waals surface area (Å²) in [5.74, 6) is 2.59. The Labute approximate surface area is 123 Å². The van der Waals surface area contributed by atoms with E-state index in [-0.39, 0.29) is 6.04 Å². The number of ether oxygens (including phenoxy) is 1. The summed E-state index contributed by atoms with van der Waals surface area (Å²) in [4.78, 5) is 7.27. The van der Waals surface area contributed by atoms with Gasteiger partial charge in [0.25, 0.3) is 0 Å². The predicted octanol–water partition coefficient (Wildman–Crippen LogP) is 3.41. The number of aromatic amines is 1. The van der Waals surface area contributed by atoms with Gasteiger partial charge in [0.05, 0.1) is 19.2 Å². The summed E-state index contributed by atoms with van der Waals surface area (Å²) in [6, 6.07) is 8.09. The van der Waals surface area contributed by atoms with Crippen LogP contribution in [0.4, 0.5) is 0 Å². The van der Waals surface area contributed by atoms with Gasteiger partial charge in [-0.2, -0.15) is 0 Å². The van der Waals surface area contributed by atoms with E-state index in [0.29, 0.717) is 13.2 Å². The van der Waals surface area contributed by atoms with Crippen molar-refractivity contribution in [2.75, 3.05) is 6.61 Å². The van der Waals surface area contributed by atoms with Crippen LogP contribution in [-0.2, 0) is 6.54 Å². The van der Waals surface area contributed by atoms with E-state index >= 15 is 0 Å². The van der Waals surface area contributed by atoms with Gasteiger partial charge in [0, 0.05) is 17.8 Å². The van der Waals surface area contributed by atoms with Crippen molar-refractivity contribution >= 4 is 11.0 Å². The Kier molecular flexibility index (Phi) is 3.92. The minimum Gasteiger partial charge on any atom is -0.490 e. The average molecular weight is 285 g/mol. The van der Waals surface area contributed by atoms with Crippen LogP contribution in [0.5, 0.6) is 5.75 Å². The van der Waals surface area contributed by atoms with Crippen LogP contribution in [0.1, 0.15) is 31.5 Å². The number of rotatable bonds is 6. The summed E-state index contributed by atoms with van der Waals surface area (Å²) in [6.07, 6.45) is 3.56. The number of para-hydroxylation sites is 1. The molecule has 3 aromatic rings. The lowest BCUT2D eigenvalue weighted by Crippen LogP contribution is -2.18. The SMILES string of the molecule is CCOc1cccc2cc(C(C)NCc3ncc[nH]3)oc12. The zero-order valence-electron chi connectivity index (χ0n) is 12.2. The Morgan fingerprint density at radius 2 is 2.33 bits per heavy atom. The van der Waals surface area contributed by atoms with Gasteiger partial charge in [0.2, 0.25) is 0 Å². The van der Waals surface area contributed by atoms with Crippen molar-refractivity contribution in [1.82, 2.24) is 15.3 Å². The molecule has 0 aliphatic carbocycles. The van der Waals surface area contributed by atoms with E-state index in [4.69, 9.17) is 9.15 Å². The molecule has 1 aromatic carbocycles. The number of hydrogen-bond acceptors (Lipinski definition) is 4. The predicted molar refractivity (Wildman–Crippen MR) is 81.2 cm³/mol. The lowest BCUT2D eigenvalue weighted by atomic mass is 10.2. The Hall–Kier alpha value is -2.27. The monoisotopic (exact) mass is 285 g/mol. The highest BCUT2D eigenvalue weighted by molar-refractivity contribution is 5.83. The van der Waals surface area contributed by atoms with Gasteiger partial charge in [-0.05, 0) is 26.0 Å². The van der Waals surface area contributed by atoms with Crippen molar-refractivity contribution in [3.05, 3.63) is 48.2 Å². The molecular formula is C16H19N3O2. The number of fused-ring (bicyclic) bond motifs is 1. The molecule has 0 amide bonds. The first-order valence-corrected chi connectivity index (χ1v) is 7.15. The zero-order valence-corrected chi connectivity index (χ0v) is 12.2. The summed E-state index contributed by atoms with van der Waals surface area (Å²) < 4.78 is 11.6. The molecule has 2 N–H and O–H groups in total. The number of benzene rings is 1. The quantitative estimate of drug-likeness (QED) is 0.728. The molecule has 1 unspecified atom stereocenters. The van der Waals surface area contributed by atoms with Gasteiger partial charge in [-0.1, -0.05) is 12.1 Å². The molecule has 0 radical (unpaired) electrons. The molecule has 0 spiro atoms. The van der Waals surface area contributed by atoms with Crippen LogP contribution in [0.15, 0.2) is 41.1 Å². The van der Waals surface area contributed by atoms with Crippen molar-refractivity contribution < 1.29 is 9.15 Å². The summed E-state index contributed by atoms with van der Waals surface area (Å²) in [5.41, 5.74) is 0.806. The smallest absolute Gasteiger partial charge is 0.176 e. The molecule has 0 aliphatic rings. The van der Waals surface area contributed by atoms with Crippen molar-refractivity contribution in [3.63, 3.8) is 0 Å². The molecule has 2 heterocycles. The maximum atomic E-state index is 5.97. The summed E-state index contributed by atoms with van der Waals surface area (Å²) >= 11 is 0. The first kappa shape index (κ1) is 13.7. The average Bonchev–Trinajstić information content (AvgIpc) is 3.14. The molecule has 0 saturated heterocycles. The van der Waals surface area contributed by atoms with Gasteiger partial charge >= 0.3 is 0 Å². The minimum atomic E-state index is 0.0944. The second-order valence-electron chi connectivity index (χ2n) is 4.89. The van der Waals surface area contributed by atoms with Crippen molar-refractivity contribution in [3.8, 4) is 5.75 Å². The van der Waals surface area contributed by atoms with Gasteiger partial charge < -0.3 is 19.5 Å². The van der Waals surface area contributed by atoms with Gasteiger partial charge in [0.15, 0.2) is 11.3 Å². The second-order valence-corrected chi connectivity index (χ2v) is 4.89. The Bertz CT molecular complexity index is 703. The number of aromatic nitrogens is 2. The van der Waals surface area contributed by atoms with E-state index in [1.54, 1.807) is 6.20 Å². The van der Waals surface area contributed by atoms with Crippen LogP contribution in [0.3, 0.4) is 0 Å². The normalized spacial score (nSPS) is 12.7. The van der Waals surface area contributed by atoms with E-state index in [1.165, 1.54) is 0 Å². The molecule has 21 heavy (non-hydrogen) atoms. The fraction of sp³-hybridized carbons (Fsp3) is 0.312. The van der Waals surface area contributed by atoms with Crippen LogP contribution in [-0.4, -0.2) is 16.6 Å². The summed E-state index contributed by atoms with van der Waals surface area (Å²) in [5, 5.41) is 4.44. The van der Waals surface area contributed by atoms with Crippen LogP contribution in [0.2, 0.25) is 0 Å². The molecule has 2 aromatic heterocycles. The molecule has 1 atom stereocenters. The number of furan rings is 1. The fourth-order valence-corrected chi connectivity index (χ4v) is 2.28. The lowest BCUT2D eigenvalue weighted by Gasteiger charge is -2.09. The molecule has 3 rings (SSSR count). The Balaban J connectivity index is 1.78. The Morgan fingerprint density at radius 3 is 3.10 bits per heavy atom. The lowest BCUT2D eigenvalue weighted by molar-refractivity contribution is 0.336. The number of hydrogen-bond donors (Lipinski definition) is 2. The van der Waals surface area contributed by atoms with E-state index in [1.807, 2.05) is 31.3 Å². The van der Waals surface area contributed by atoms with E-state index in [9.17, 15) is 0 Å². The third kappa shape index (κ3) is 2.92.